The van der Waals surface area contributed by atoms with Crippen LogP contribution in [0.15, 0.2) is 72.9 Å². The summed E-state index contributed by atoms with van der Waals surface area (Å²) in [4.78, 5) is 42.7. The van der Waals surface area contributed by atoms with Crippen LogP contribution in [0.4, 0.5) is 0 Å². The van der Waals surface area contributed by atoms with E-state index in [0.29, 0.717) is 12.8 Å². The number of hydrogen-bond donors (Lipinski definition) is 2. The van der Waals surface area contributed by atoms with E-state index in [-0.39, 0.29) is 19.4 Å². The largest absolute Gasteiger partial charge is 0.469 e. The number of phosphoric acid groups is 1. The number of rotatable bonds is 36. The van der Waals surface area contributed by atoms with Gasteiger partial charge in [0.1, 0.15) is 6.61 Å². The zero-order chi connectivity index (χ0) is 38.2. The van der Waals surface area contributed by atoms with E-state index in [2.05, 4.69) is 79.1 Å². The fraction of sp³-hybridized carbons (Fsp3) is 0.674. The quantitative estimate of drug-likeness (QED) is 0.0281. The van der Waals surface area contributed by atoms with E-state index >= 15 is 0 Å². The molecule has 0 radical (unpaired) electrons. The Morgan fingerprint density at radius 2 is 0.904 bits per heavy atom. The molecule has 0 amide bonds. The molecule has 52 heavy (non-hydrogen) atoms. The zero-order valence-corrected chi connectivity index (χ0v) is 33.6. The Morgan fingerprint density at radius 3 is 1.42 bits per heavy atom. The van der Waals surface area contributed by atoms with Gasteiger partial charge in [0.05, 0.1) is 6.61 Å². The van der Waals surface area contributed by atoms with Gasteiger partial charge in [-0.05, 0) is 77.0 Å². The van der Waals surface area contributed by atoms with Crippen molar-refractivity contribution in [2.75, 3.05) is 13.2 Å². The van der Waals surface area contributed by atoms with Gasteiger partial charge in [-0.25, -0.2) is 4.57 Å². The molecule has 0 aromatic rings. The first kappa shape index (κ1) is 49.5. The number of phosphoric ester groups is 1. The fourth-order valence-corrected chi connectivity index (χ4v) is 5.53. The third-order valence-electron chi connectivity index (χ3n) is 8.21. The van der Waals surface area contributed by atoms with Crippen molar-refractivity contribution in [2.24, 2.45) is 0 Å². The van der Waals surface area contributed by atoms with Crippen molar-refractivity contribution in [3.63, 3.8) is 0 Å². The number of hydrogen-bond acceptors (Lipinski definition) is 6. The maximum absolute atomic E-state index is 12.4. The molecule has 0 unspecified atom stereocenters. The van der Waals surface area contributed by atoms with Crippen LogP contribution in [-0.4, -0.2) is 41.0 Å². The van der Waals surface area contributed by atoms with Crippen LogP contribution in [0.1, 0.15) is 168 Å². The van der Waals surface area contributed by atoms with E-state index in [4.69, 9.17) is 19.3 Å². The molecule has 0 saturated carbocycles. The third-order valence-corrected chi connectivity index (χ3v) is 8.70. The smallest absolute Gasteiger partial charge is 0.462 e. The molecule has 298 valence electrons. The topological polar surface area (TPSA) is 119 Å². The second-order valence-electron chi connectivity index (χ2n) is 13.2. The molecule has 0 rings (SSSR count). The minimum absolute atomic E-state index is 0.0815. The number of ether oxygens (including phenoxy) is 2. The summed E-state index contributed by atoms with van der Waals surface area (Å²) in [5.74, 6) is -1.01. The zero-order valence-electron chi connectivity index (χ0n) is 32.7. The molecule has 0 aromatic heterocycles. The molecule has 0 heterocycles. The summed E-state index contributed by atoms with van der Waals surface area (Å²) in [6, 6.07) is 0. The van der Waals surface area contributed by atoms with Gasteiger partial charge >= 0.3 is 19.8 Å². The highest BCUT2D eigenvalue weighted by Gasteiger charge is 2.22. The summed E-state index contributed by atoms with van der Waals surface area (Å²) >= 11 is 0. The summed E-state index contributed by atoms with van der Waals surface area (Å²) in [5.41, 5.74) is 0. The molecule has 0 aromatic carbocycles. The first-order chi connectivity index (χ1) is 25.3. The summed E-state index contributed by atoms with van der Waals surface area (Å²) in [6.45, 7) is 3.57. The lowest BCUT2D eigenvalue weighted by atomic mass is 10.1. The number of carbonyl (C=O) groups excluding carboxylic acids is 2. The minimum Gasteiger partial charge on any atom is -0.462 e. The van der Waals surface area contributed by atoms with Gasteiger partial charge in [0.15, 0.2) is 6.10 Å². The lowest BCUT2D eigenvalue weighted by Gasteiger charge is -2.18. The maximum Gasteiger partial charge on any atom is 0.469 e. The summed E-state index contributed by atoms with van der Waals surface area (Å²) in [7, 11) is -4.78. The average Bonchev–Trinajstić information content (AvgIpc) is 3.11. The Morgan fingerprint density at radius 1 is 0.500 bits per heavy atom. The van der Waals surface area contributed by atoms with Gasteiger partial charge in [-0.3, -0.25) is 14.1 Å². The summed E-state index contributed by atoms with van der Waals surface area (Å²) in [5, 5.41) is 0. The molecule has 0 saturated heterocycles. The lowest BCUT2D eigenvalue weighted by Crippen LogP contribution is -2.29. The van der Waals surface area contributed by atoms with Crippen LogP contribution in [0.2, 0.25) is 0 Å². The SMILES string of the molecule is CCCCC/C=C/C/C=C/C/C=C/C/C=C/C/C=C/CCC(=O)O[C@H](COC(=O)CCCC/C=C/CCCCCCCCCCC)COP(=O)(O)O. The molecule has 0 fully saturated rings. The average molecular weight is 749 g/mol. The molecule has 8 nitrogen and oxygen atoms in total. The second kappa shape index (κ2) is 38.2. The Kier molecular flexibility index (Phi) is 36.4. The van der Waals surface area contributed by atoms with Gasteiger partial charge in [0.2, 0.25) is 0 Å². The van der Waals surface area contributed by atoms with Crippen LogP contribution in [0, 0.1) is 0 Å². The fourth-order valence-electron chi connectivity index (χ4n) is 5.17. The highest BCUT2D eigenvalue weighted by atomic mass is 31.2. The van der Waals surface area contributed by atoms with E-state index in [1.54, 1.807) is 0 Å². The first-order valence-corrected chi connectivity index (χ1v) is 21.8. The van der Waals surface area contributed by atoms with Crippen molar-refractivity contribution >= 4 is 19.8 Å². The monoisotopic (exact) mass is 749 g/mol. The lowest BCUT2D eigenvalue weighted by molar-refractivity contribution is -0.161. The molecule has 1 atom stereocenters. The van der Waals surface area contributed by atoms with Crippen molar-refractivity contribution in [2.45, 2.75) is 174 Å². The van der Waals surface area contributed by atoms with Gasteiger partial charge < -0.3 is 19.3 Å². The second-order valence-corrected chi connectivity index (χ2v) is 14.5. The predicted octanol–water partition coefficient (Wildman–Crippen LogP) is 12.3. The molecule has 0 spiro atoms. The van der Waals surface area contributed by atoms with Gasteiger partial charge in [-0.15, -0.1) is 0 Å². The number of esters is 2. The van der Waals surface area contributed by atoms with Crippen LogP contribution < -0.4 is 0 Å². The molecular formula is C43H73O8P. The van der Waals surface area contributed by atoms with Crippen LogP contribution in [0.3, 0.4) is 0 Å². The van der Waals surface area contributed by atoms with Gasteiger partial charge in [-0.1, -0.05) is 151 Å². The molecular weight excluding hydrogens is 675 g/mol. The standard InChI is InChI=1S/C43H73O8P/c1-3-5-7-9-11-13-15-17-19-20-21-22-24-26-28-30-32-34-36-38-43(45)51-41(40-50-52(46,47)48)39-49-42(44)37-35-33-31-29-27-25-23-18-16-14-12-10-8-6-4-2/h11,13,17,19,21-22,26-29,32,34,41H,3-10,12,14-16,18,20,23-25,30-31,33,35-40H2,1-2H3,(H2,46,47,48)/b13-11+,19-17+,22-21+,28-26+,29-27+,34-32+/t41-/m1/s1. The van der Waals surface area contributed by atoms with Crippen molar-refractivity contribution < 1.29 is 37.9 Å². The van der Waals surface area contributed by atoms with E-state index in [1.807, 2.05) is 12.2 Å². The molecule has 9 heteroatoms. The summed E-state index contributed by atoms with van der Waals surface area (Å²) < 4.78 is 26.2. The van der Waals surface area contributed by atoms with Crippen LogP contribution in [-0.2, 0) is 28.2 Å². The third kappa shape index (κ3) is 40.3. The van der Waals surface area contributed by atoms with E-state index in [9.17, 15) is 14.2 Å². The molecule has 0 aliphatic rings. The maximum atomic E-state index is 12.4. The number of unbranched alkanes of at least 4 members (excludes halogenated alkanes) is 14. The van der Waals surface area contributed by atoms with Gasteiger partial charge in [-0.2, -0.15) is 0 Å². The van der Waals surface area contributed by atoms with Crippen molar-refractivity contribution in [1.29, 1.82) is 0 Å². The molecule has 2 N–H and O–H groups in total. The minimum atomic E-state index is -4.78. The van der Waals surface area contributed by atoms with E-state index in [1.165, 1.54) is 83.5 Å². The van der Waals surface area contributed by atoms with Crippen molar-refractivity contribution in [1.82, 2.24) is 0 Å². The molecule has 0 bridgehead atoms. The van der Waals surface area contributed by atoms with Gasteiger partial charge in [0, 0.05) is 12.8 Å². The Balaban J connectivity index is 4.12. The Hall–Kier alpha value is -2.51. The number of allylic oxidation sites excluding steroid dienone is 12. The Bertz CT molecular complexity index is 1070. The molecule has 0 aliphatic carbocycles. The first-order valence-electron chi connectivity index (χ1n) is 20.2. The van der Waals surface area contributed by atoms with E-state index in [0.717, 1.165) is 44.9 Å². The van der Waals surface area contributed by atoms with Crippen LogP contribution >= 0.6 is 7.82 Å². The highest BCUT2D eigenvalue weighted by molar-refractivity contribution is 7.46. The summed E-state index contributed by atoms with van der Waals surface area (Å²) in [6.07, 6.45) is 49.2. The van der Waals surface area contributed by atoms with Crippen LogP contribution in [0.25, 0.3) is 0 Å². The van der Waals surface area contributed by atoms with Crippen molar-refractivity contribution in [3.05, 3.63) is 72.9 Å². The van der Waals surface area contributed by atoms with Crippen LogP contribution in [0.5, 0.6) is 0 Å². The molecule has 0 aliphatic heterocycles. The predicted molar refractivity (Wildman–Crippen MR) is 216 cm³/mol. The Labute approximate surface area is 317 Å². The highest BCUT2D eigenvalue weighted by Crippen LogP contribution is 2.35. The normalized spacial score (nSPS) is 13.2. The number of carbonyl (C=O) groups is 2. The van der Waals surface area contributed by atoms with Gasteiger partial charge in [0.25, 0.3) is 0 Å². The van der Waals surface area contributed by atoms with Crippen molar-refractivity contribution in [3.8, 4) is 0 Å². The van der Waals surface area contributed by atoms with E-state index < -0.39 is 32.5 Å².